The number of nitrogens with zero attached hydrogens (tertiary/aromatic N) is 3. The Morgan fingerprint density at radius 1 is 1.24 bits per heavy atom. The van der Waals surface area contributed by atoms with Crippen molar-refractivity contribution in [2.45, 2.75) is 19.4 Å². The van der Waals surface area contributed by atoms with Gasteiger partial charge in [0, 0.05) is 6.20 Å². The van der Waals surface area contributed by atoms with Crippen molar-refractivity contribution in [1.29, 1.82) is 0 Å². The van der Waals surface area contributed by atoms with Crippen molar-refractivity contribution in [3.05, 3.63) is 59.7 Å². The number of ether oxygens (including phenoxy) is 1. The first-order chi connectivity index (χ1) is 12.3. The molecule has 0 radical (unpaired) electrons. The molecule has 25 heavy (non-hydrogen) atoms. The predicted molar refractivity (Wildman–Crippen MR) is 98.2 cm³/mol. The molecule has 6 heteroatoms. The highest BCUT2D eigenvalue weighted by molar-refractivity contribution is 7.17. The number of thiazole rings is 1. The molecule has 0 N–H and O–H groups in total. The number of para-hydroxylation sites is 2. The summed E-state index contributed by atoms with van der Waals surface area (Å²) in [6, 6.07) is 13.3. The summed E-state index contributed by atoms with van der Waals surface area (Å²) in [7, 11) is 0. The van der Waals surface area contributed by atoms with Crippen LogP contribution in [0.4, 0.5) is 5.69 Å². The van der Waals surface area contributed by atoms with Crippen LogP contribution in [0.25, 0.3) is 10.7 Å². The van der Waals surface area contributed by atoms with Crippen LogP contribution < -0.4 is 9.64 Å². The minimum atomic E-state index is -0.0473. The van der Waals surface area contributed by atoms with E-state index in [2.05, 4.69) is 16.9 Å². The molecule has 3 aromatic rings. The van der Waals surface area contributed by atoms with Gasteiger partial charge in [0.05, 0.1) is 24.1 Å². The van der Waals surface area contributed by atoms with Crippen molar-refractivity contribution in [2.24, 2.45) is 0 Å². The van der Waals surface area contributed by atoms with Crippen molar-refractivity contribution in [2.75, 3.05) is 11.4 Å². The Balaban J connectivity index is 1.66. The van der Waals surface area contributed by atoms with Gasteiger partial charge in [-0.3, -0.25) is 9.78 Å². The summed E-state index contributed by atoms with van der Waals surface area (Å²) in [6.45, 7) is 2.61. The van der Waals surface area contributed by atoms with Gasteiger partial charge in [-0.15, -0.1) is 11.3 Å². The molecule has 1 aliphatic rings. The lowest BCUT2D eigenvalue weighted by molar-refractivity contribution is 0.0958. The molecule has 0 fully saturated rings. The lowest BCUT2D eigenvalue weighted by atomic mass is 10.1. The van der Waals surface area contributed by atoms with E-state index in [1.165, 1.54) is 11.3 Å². The van der Waals surface area contributed by atoms with E-state index in [-0.39, 0.29) is 12.0 Å². The SMILES string of the molecule is CC[C@@H]1CN(C(=O)c2cnc(-c3ccccn3)s2)c2ccccc2O1. The van der Waals surface area contributed by atoms with E-state index in [0.29, 0.717) is 11.4 Å². The fraction of sp³-hybridized carbons (Fsp3) is 0.211. The molecule has 1 atom stereocenters. The van der Waals surface area contributed by atoms with Crippen LogP contribution in [0.15, 0.2) is 54.9 Å². The summed E-state index contributed by atoms with van der Waals surface area (Å²) >= 11 is 1.37. The summed E-state index contributed by atoms with van der Waals surface area (Å²) in [5.41, 5.74) is 1.59. The first-order valence-corrected chi connectivity index (χ1v) is 9.02. The smallest absolute Gasteiger partial charge is 0.270 e. The number of hydrogen-bond acceptors (Lipinski definition) is 5. The Morgan fingerprint density at radius 2 is 2.08 bits per heavy atom. The number of carbonyl (C=O) groups is 1. The van der Waals surface area contributed by atoms with E-state index >= 15 is 0 Å². The first-order valence-electron chi connectivity index (χ1n) is 8.21. The molecule has 0 saturated carbocycles. The van der Waals surface area contributed by atoms with E-state index in [9.17, 15) is 4.79 Å². The van der Waals surface area contributed by atoms with Gasteiger partial charge in [-0.1, -0.05) is 25.1 Å². The predicted octanol–water partition coefficient (Wildman–Crippen LogP) is 4.02. The lowest BCUT2D eigenvalue weighted by Crippen LogP contribution is -2.43. The fourth-order valence-corrected chi connectivity index (χ4v) is 3.66. The molecule has 0 spiro atoms. The third kappa shape index (κ3) is 3.00. The van der Waals surface area contributed by atoms with Gasteiger partial charge in [0.15, 0.2) is 0 Å². The summed E-state index contributed by atoms with van der Waals surface area (Å²) in [5.74, 6) is 0.706. The third-order valence-electron chi connectivity index (χ3n) is 4.14. The Labute approximate surface area is 149 Å². The Hall–Kier alpha value is -2.73. The second-order valence-electron chi connectivity index (χ2n) is 5.78. The van der Waals surface area contributed by atoms with Crippen LogP contribution in [0, 0.1) is 0 Å². The molecule has 0 saturated heterocycles. The molecule has 1 aromatic carbocycles. The minimum Gasteiger partial charge on any atom is -0.486 e. The number of carbonyl (C=O) groups excluding carboxylic acids is 1. The van der Waals surface area contributed by atoms with E-state index < -0.39 is 0 Å². The zero-order chi connectivity index (χ0) is 17.2. The minimum absolute atomic E-state index is 0.00188. The van der Waals surface area contributed by atoms with Crippen LogP contribution in [0.5, 0.6) is 5.75 Å². The molecule has 0 unspecified atom stereocenters. The number of fused-ring (bicyclic) bond motifs is 1. The van der Waals surface area contributed by atoms with E-state index in [1.807, 2.05) is 42.5 Å². The van der Waals surface area contributed by atoms with Gasteiger partial charge in [-0.2, -0.15) is 0 Å². The van der Waals surface area contributed by atoms with Crippen LogP contribution in [0.3, 0.4) is 0 Å². The zero-order valence-electron chi connectivity index (χ0n) is 13.8. The number of aromatic nitrogens is 2. The van der Waals surface area contributed by atoms with E-state index in [4.69, 9.17) is 4.74 Å². The molecule has 0 bridgehead atoms. The summed E-state index contributed by atoms with van der Waals surface area (Å²) < 4.78 is 5.96. The number of hydrogen-bond donors (Lipinski definition) is 0. The number of rotatable bonds is 3. The lowest BCUT2D eigenvalue weighted by Gasteiger charge is -2.34. The maximum absolute atomic E-state index is 13.1. The molecule has 5 nitrogen and oxygen atoms in total. The monoisotopic (exact) mass is 351 g/mol. The Kier molecular flexibility index (Phi) is 4.19. The highest BCUT2D eigenvalue weighted by Crippen LogP contribution is 2.35. The summed E-state index contributed by atoms with van der Waals surface area (Å²) in [4.78, 5) is 24.2. The summed E-state index contributed by atoms with van der Waals surface area (Å²) in [6.07, 6.45) is 4.21. The number of anilines is 1. The molecule has 0 aliphatic carbocycles. The van der Waals surface area contributed by atoms with Crippen molar-refractivity contribution in [3.8, 4) is 16.5 Å². The van der Waals surface area contributed by atoms with Gasteiger partial charge in [-0.25, -0.2) is 4.98 Å². The first kappa shape index (κ1) is 15.8. The van der Waals surface area contributed by atoms with E-state index in [0.717, 1.165) is 28.6 Å². The molecule has 1 amide bonds. The van der Waals surface area contributed by atoms with Crippen molar-refractivity contribution >= 4 is 22.9 Å². The van der Waals surface area contributed by atoms with Gasteiger partial charge >= 0.3 is 0 Å². The third-order valence-corrected chi connectivity index (χ3v) is 5.14. The van der Waals surface area contributed by atoms with Crippen LogP contribution >= 0.6 is 11.3 Å². The van der Waals surface area contributed by atoms with Crippen LogP contribution in [0.2, 0.25) is 0 Å². The highest BCUT2D eigenvalue weighted by Gasteiger charge is 2.30. The van der Waals surface area contributed by atoms with Gasteiger partial charge in [0.25, 0.3) is 5.91 Å². The van der Waals surface area contributed by atoms with Crippen molar-refractivity contribution < 1.29 is 9.53 Å². The molecule has 3 heterocycles. The Bertz CT molecular complexity index is 894. The maximum atomic E-state index is 13.1. The molecule has 1 aliphatic heterocycles. The average molecular weight is 351 g/mol. The normalized spacial score (nSPS) is 16.2. The average Bonchev–Trinajstić information content (AvgIpc) is 3.17. The molecular formula is C19H17N3O2S. The standard InChI is InChI=1S/C19H17N3O2S/c1-2-13-12-22(15-8-3-4-9-16(15)24-13)19(23)17-11-21-18(25-17)14-7-5-6-10-20-14/h3-11,13H,2,12H2,1H3/t13-/m1/s1. The van der Waals surface area contributed by atoms with Gasteiger partial charge < -0.3 is 9.64 Å². The van der Waals surface area contributed by atoms with Gasteiger partial charge in [0.1, 0.15) is 21.7 Å². The maximum Gasteiger partial charge on any atom is 0.270 e. The molecule has 4 rings (SSSR count). The van der Waals surface area contributed by atoms with Crippen LogP contribution in [-0.4, -0.2) is 28.5 Å². The second-order valence-corrected chi connectivity index (χ2v) is 6.81. The fourth-order valence-electron chi connectivity index (χ4n) is 2.82. The molecule has 126 valence electrons. The number of amides is 1. The second kappa shape index (κ2) is 6.64. The quantitative estimate of drug-likeness (QED) is 0.715. The highest BCUT2D eigenvalue weighted by atomic mass is 32.1. The van der Waals surface area contributed by atoms with Gasteiger partial charge in [-0.05, 0) is 30.7 Å². The largest absolute Gasteiger partial charge is 0.486 e. The summed E-state index contributed by atoms with van der Waals surface area (Å²) in [5, 5.41) is 0.748. The van der Waals surface area contributed by atoms with Crippen molar-refractivity contribution in [3.63, 3.8) is 0 Å². The zero-order valence-corrected chi connectivity index (χ0v) is 14.6. The topological polar surface area (TPSA) is 55.3 Å². The van der Waals surface area contributed by atoms with Gasteiger partial charge in [0.2, 0.25) is 0 Å². The van der Waals surface area contributed by atoms with Crippen LogP contribution in [-0.2, 0) is 0 Å². The van der Waals surface area contributed by atoms with E-state index in [1.54, 1.807) is 17.3 Å². The number of benzene rings is 1. The van der Waals surface area contributed by atoms with Crippen LogP contribution in [0.1, 0.15) is 23.0 Å². The van der Waals surface area contributed by atoms with Crippen molar-refractivity contribution in [1.82, 2.24) is 9.97 Å². The molecule has 2 aromatic heterocycles. The number of pyridine rings is 1. The Morgan fingerprint density at radius 3 is 2.88 bits per heavy atom. The molecular weight excluding hydrogens is 334 g/mol.